The Morgan fingerprint density at radius 1 is 1.29 bits per heavy atom. The third-order valence-electron chi connectivity index (χ3n) is 3.53. The van der Waals surface area contributed by atoms with Crippen molar-refractivity contribution in [2.45, 2.75) is 32.7 Å². The van der Waals surface area contributed by atoms with Gasteiger partial charge in [-0.25, -0.2) is 0 Å². The zero-order valence-electron chi connectivity index (χ0n) is 8.75. The Bertz CT molecular complexity index is 493. The van der Waals surface area contributed by atoms with Crippen LogP contribution < -0.4 is 0 Å². The highest BCUT2D eigenvalue weighted by atomic mass is 15.0. The molecule has 0 saturated carbocycles. The highest BCUT2D eigenvalue weighted by Crippen LogP contribution is 2.37. The van der Waals surface area contributed by atoms with E-state index in [2.05, 4.69) is 42.7 Å². The normalized spacial score (nSPS) is 20.3. The molecule has 0 fully saturated rings. The van der Waals surface area contributed by atoms with E-state index in [1.54, 1.807) is 5.69 Å². The summed E-state index contributed by atoms with van der Waals surface area (Å²) in [7, 11) is 0. The average Bonchev–Trinajstić information content (AvgIpc) is 2.70. The Morgan fingerprint density at radius 2 is 2.07 bits per heavy atom. The molecule has 0 spiro atoms. The highest BCUT2D eigenvalue weighted by Gasteiger charge is 2.23. The summed E-state index contributed by atoms with van der Waals surface area (Å²) in [5.74, 6) is 0.738. The van der Waals surface area contributed by atoms with E-state index in [0.29, 0.717) is 0 Å². The summed E-state index contributed by atoms with van der Waals surface area (Å²) in [6, 6.07) is 8.75. The molecule has 0 amide bonds. The van der Waals surface area contributed by atoms with Gasteiger partial charge in [-0.3, -0.25) is 0 Å². The number of hydrogen-bond donors (Lipinski definition) is 0. The van der Waals surface area contributed by atoms with Gasteiger partial charge in [0.15, 0.2) is 0 Å². The SMILES string of the molecule is Cc1c2n(c3ccccc13)CCC2C. The van der Waals surface area contributed by atoms with Gasteiger partial charge in [-0.2, -0.15) is 0 Å². The second-order valence-corrected chi connectivity index (χ2v) is 4.37. The van der Waals surface area contributed by atoms with Gasteiger partial charge in [0.2, 0.25) is 0 Å². The number of aryl methyl sites for hydroxylation is 2. The van der Waals surface area contributed by atoms with Crippen molar-refractivity contribution in [2.24, 2.45) is 0 Å². The van der Waals surface area contributed by atoms with Crippen LogP contribution in [0.25, 0.3) is 10.9 Å². The Hall–Kier alpha value is -1.24. The van der Waals surface area contributed by atoms with E-state index in [4.69, 9.17) is 0 Å². The molecule has 1 nitrogen and oxygen atoms in total. The summed E-state index contributed by atoms with van der Waals surface area (Å²) < 4.78 is 2.50. The van der Waals surface area contributed by atoms with Crippen molar-refractivity contribution in [3.63, 3.8) is 0 Å². The van der Waals surface area contributed by atoms with Gasteiger partial charge in [0.25, 0.3) is 0 Å². The summed E-state index contributed by atoms with van der Waals surface area (Å²) in [5, 5.41) is 1.44. The second kappa shape index (κ2) is 2.63. The first kappa shape index (κ1) is 8.10. The number of aromatic nitrogens is 1. The zero-order chi connectivity index (χ0) is 9.71. The van der Waals surface area contributed by atoms with Gasteiger partial charge >= 0.3 is 0 Å². The fraction of sp³-hybridized carbons (Fsp3) is 0.385. The molecule has 2 heterocycles. The lowest BCUT2D eigenvalue weighted by Crippen LogP contribution is -1.91. The van der Waals surface area contributed by atoms with Crippen molar-refractivity contribution in [1.29, 1.82) is 0 Å². The predicted octanol–water partition coefficient (Wildman–Crippen LogP) is 3.46. The minimum absolute atomic E-state index is 0.738. The third-order valence-corrected chi connectivity index (χ3v) is 3.53. The van der Waals surface area contributed by atoms with Gasteiger partial charge in [-0.1, -0.05) is 25.1 Å². The van der Waals surface area contributed by atoms with Crippen molar-refractivity contribution in [3.8, 4) is 0 Å². The van der Waals surface area contributed by atoms with Crippen LogP contribution >= 0.6 is 0 Å². The van der Waals surface area contributed by atoms with E-state index in [1.807, 2.05) is 0 Å². The molecule has 1 heteroatoms. The molecule has 0 aliphatic carbocycles. The number of benzene rings is 1. The number of fused-ring (bicyclic) bond motifs is 3. The smallest absolute Gasteiger partial charge is 0.0485 e. The maximum Gasteiger partial charge on any atom is 0.0485 e. The summed E-state index contributed by atoms with van der Waals surface area (Å²) in [6.07, 6.45) is 1.31. The monoisotopic (exact) mass is 185 g/mol. The summed E-state index contributed by atoms with van der Waals surface area (Å²) >= 11 is 0. The Balaban J connectivity index is 2.45. The molecular weight excluding hydrogens is 170 g/mol. The summed E-state index contributed by atoms with van der Waals surface area (Å²) in [6.45, 7) is 5.80. The molecule has 14 heavy (non-hydrogen) atoms. The van der Waals surface area contributed by atoms with Crippen molar-refractivity contribution in [1.82, 2.24) is 4.57 Å². The van der Waals surface area contributed by atoms with Crippen LogP contribution in [-0.2, 0) is 6.54 Å². The molecule has 1 aliphatic heterocycles. The van der Waals surface area contributed by atoms with Crippen molar-refractivity contribution < 1.29 is 0 Å². The van der Waals surface area contributed by atoms with Gasteiger partial charge < -0.3 is 4.57 Å². The van der Waals surface area contributed by atoms with E-state index in [0.717, 1.165) is 5.92 Å². The van der Waals surface area contributed by atoms with Crippen LogP contribution in [0.5, 0.6) is 0 Å². The second-order valence-electron chi connectivity index (χ2n) is 4.37. The molecule has 3 rings (SSSR count). The topological polar surface area (TPSA) is 4.93 Å². The molecule has 2 aromatic rings. The lowest BCUT2D eigenvalue weighted by atomic mass is 10.0. The molecule has 1 aromatic carbocycles. The molecule has 72 valence electrons. The maximum absolute atomic E-state index is 2.50. The number of hydrogen-bond acceptors (Lipinski definition) is 0. The lowest BCUT2D eigenvalue weighted by Gasteiger charge is -2.01. The van der Waals surface area contributed by atoms with Crippen LogP contribution in [0.4, 0.5) is 0 Å². The predicted molar refractivity (Wildman–Crippen MR) is 59.7 cm³/mol. The Morgan fingerprint density at radius 3 is 2.93 bits per heavy atom. The summed E-state index contributed by atoms with van der Waals surface area (Å²) in [4.78, 5) is 0. The Kier molecular flexibility index (Phi) is 1.52. The first-order valence-electron chi connectivity index (χ1n) is 5.37. The van der Waals surface area contributed by atoms with E-state index in [9.17, 15) is 0 Å². The molecule has 0 bridgehead atoms. The quantitative estimate of drug-likeness (QED) is 0.592. The van der Waals surface area contributed by atoms with Gasteiger partial charge in [-0.05, 0) is 30.9 Å². The van der Waals surface area contributed by atoms with Crippen molar-refractivity contribution in [3.05, 3.63) is 35.5 Å². The molecule has 1 unspecified atom stereocenters. The van der Waals surface area contributed by atoms with Crippen LogP contribution in [0, 0.1) is 6.92 Å². The molecule has 1 aliphatic rings. The molecule has 0 radical (unpaired) electrons. The van der Waals surface area contributed by atoms with Crippen molar-refractivity contribution in [2.75, 3.05) is 0 Å². The van der Waals surface area contributed by atoms with Crippen LogP contribution in [0.2, 0.25) is 0 Å². The van der Waals surface area contributed by atoms with E-state index < -0.39 is 0 Å². The van der Waals surface area contributed by atoms with E-state index >= 15 is 0 Å². The number of rotatable bonds is 0. The van der Waals surface area contributed by atoms with Gasteiger partial charge in [0.1, 0.15) is 0 Å². The molecular formula is C13H15N. The largest absolute Gasteiger partial charge is 0.344 e. The molecule has 0 saturated heterocycles. The van der Waals surface area contributed by atoms with Gasteiger partial charge in [-0.15, -0.1) is 0 Å². The number of nitrogens with zero attached hydrogens (tertiary/aromatic N) is 1. The molecule has 1 atom stereocenters. The standard InChI is InChI=1S/C13H15N/c1-9-7-8-14-12-6-4-3-5-11(12)10(2)13(9)14/h3-6,9H,7-8H2,1-2H3. The minimum atomic E-state index is 0.738. The maximum atomic E-state index is 2.50. The highest BCUT2D eigenvalue weighted by molar-refractivity contribution is 5.85. The van der Waals surface area contributed by atoms with Crippen molar-refractivity contribution >= 4 is 10.9 Å². The van der Waals surface area contributed by atoms with E-state index in [-0.39, 0.29) is 0 Å². The third kappa shape index (κ3) is 0.848. The van der Waals surface area contributed by atoms with Gasteiger partial charge in [0, 0.05) is 23.1 Å². The van der Waals surface area contributed by atoms with E-state index in [1.165, 1.54) is 29.4 Å². The van der Waals surface area contributed by atoms with Crippen LogP contribution in [0.3, 0.4) is 0 Å². The number of para-hydroxylation sites is 1. The first-order chi connectivity index (χ1) is 6.79. The minimum Gasteiger partial charge on any atom is -0.344 e. The lowest BCUT2D eigenvalue weighted by molar-refractivity contribution is 0.713. The Labute approximate surface area is 84.4 Å². The first-order valence-corrected chi connectivity index (χ1v) is 5.37. The molecule has 1 aromatic heterocycles. The molecule has 0 N–H and O–H groups in total. The van der Waals surface area contributed by atoms with Gasteiger partial charge in [0.05, 0.1) is 0 Å². The average molecular weight is 185 g/mol. The van der Waals surface area contributed by atoms with Crippen LogP contribution in [-0.4, -0.2) is 4.57 Å². The fourth-order valence-electron chi connectivity index (χ4n) is 2.83. The zero-order valence-corrected chi connectivity index (χ0v) is 8.75. The fourth-order valence-corrected chi connectivity index (χ4v) is 2.83. The van der Waals surface area contributed by atoms with Crippen LogP contribution in [0.15, 0.2) is 24.3 Å². The summed E-state index contributed by atoms with van der Waals surface area (Å²) in [5.41, 5.74) is 4.47. The van der Waals surface area contributed by atoms with Crippen LogP contribution in [0.1, 0.15) is 30.5 Å².